The Morgan fingerprint density at radius 3 is 2.89 bits per heavy atom. The van der Waals surface area contributed by atoms with Crippen molar-refractivity contribution in [3.05, 3.63) is 36.0 Å². The van der Waals surface area contributed by atoms with E-state index >= 15 is 0 Å². The summed E-state index contributed by atoms with van der Waals surface area (Å²) in [6.45, 7) is -0.0273. The van der Waals surface area contributed by atoms with Crippen LogP contribution in [0.4, 0.5) is 0 Å². The minimum absolute atomic E-state index is 0.0273. The summed E-state index contributed by atoms with van der Waals surface area (Å²) in [6.07, 6.45) is 1.54. The fraction of sp³-hybridized carbons (Fsp3) is 0.167. The van der Waals surface area contributed by atoms with Crippen LogP contribution in [0, 0.1) is 0 Å². The lowest BCUT2D eigenvalue weighted by atomic mass is 10.2. The zero-order valence-electron chi connectivity index (χ0n) is 9.97. The van der Waals surface area contributed by atoms with E-state index in [-0.39, 0.29) is 13.0 Å². The van der Waals surface area contributed by atoms with Crippen molar-refractivity contribution < 1.29 is 19.6 Å². The van der Waals surface area contributed by atoms with Crippen LogP contribution in [-0.2, 0) is 9.63 Å². The second-order valence-corrected chi connectivity index (χ2v) is 3.81. The Morgan fingerprint density at radius 2 is 2.11 bits per heavy atom. The SMILES string of the molecule is O=C(CCONC(=O)c1c[nH]c2ccccc12)NO. The first kappa shape index (κ1) is 13.1. The van der Waals surface area contributed by atoms with Crippen LogP contribution in [0.2, 0.25) is 0 Å². The summed E-state index contributed by atoms with van der Waals surface area (Å²) in [6, 6.07) is 7.38. The van der Waals surface area contributed by atoms with Crippen molar-refractivity contribution in [2.45, 2.75) is 6.42 Å². The molecule has 0 saturated heterocycles. The third-order valence-electron chi connectivity index (χ3n) is 2.55. The molecule has 2 amide bonds. The zero-order valence-corrected chi connectivity index (χ0v) is 9.97. The summed E-state index contributed by atoms with van der Waals surface area (Å²) in [4.78, 5) is 30.4. The molecule has 0 unspecified atom stereocenters. The Kier molecular flexibility index (Phi) is 4.11. The summed E-state index contributed by atoms with van der Waals surface area (Å²) in [5.41, 5.74) is 5.02. The van der Waals surface area contributed by atoms with E-state index < -0.39 is 11.8 Å². The van der Waals surface area contributed by atoms with Gasteiger partial charge >= 0.3 is 0 Å². The molecule has 0 saturated carbocycles. The number of H-pyrrole nitrogens is 1. The second-order valence-electron chi connectivity index (χ2n) is 3.81. The predicted molar refractivity (Wildman–Crippen MR) is 66.3 cm³/mol. The number of carbonyl (C=O) groups excluding carboxylic acids is 2. The number of hydrogen-bond donors (Lipinski definition) is 4. The predicted octanol–water partition coefficient (Wildman–Crippen LogP) is 0.725. The molecule has 1 aromatic heterocycles. The maximum Gasteiger partial charge on any atom is 0.277 e. The summed E-state index contributed by atoms with van der Waals surface area (Å²) >= 11 is 0. The Bertz CT molecular complexity index is 593. The Labute approximate surface area is 108 Å². The number of carbonyl (C=O) groups is 2. The number of benzene rings is 1. The number of nitrogens with one attached hydrogen (secondary N) is 3. The van der Waals surface area contributed by atoms with E-state index in [1.54, 1.807) is 6.20 Å². The zero-order chi connectivity index (χ0) is 13.7. The fourth-order valence-corrected chi connectivity index (χ4v) is 1.63. The number of amides is 2. The van der Waals surface area contributed by atoms with Gasteiger partial charge in [0.2, 0.25) is 5.91 Å². The van der Waals surface area contributed by atoms with Gasteiger partial charge in [-0.25, -0.2) is 11.0 Å². The molecule has 0 atom stereocenters. The molecule has 0 radical (unpaired) electrons. The fourth-order valence-electron chi connectivity index (χ4n) is 1.63. The maximum atomic E-state index is 11.8. The molecular weight excluding hydrogens is 250 g/mol. The largest absolute Gasteiger partial charge is 0.360 e. The van der Waals surface area contributed by atoms with Crippen LogP contribution in [0.5, 0.6) is 0 Å². The molecule has 0 aliphatic carbocycles. The molecule has 0 aliphatic heterocycles. The Morgan fingerprint density at radius 1 is 1.32 bits per heavy atom. The lowest BCUT2D eigenvalue weighted by Gasteiger charge is -2.04. The molecule has 0 spiro atoms. The van der Waals surface area contributed by atoms with Gasteiger partial charge in [0.1, 0.15) is 0 Å². The van der Waals surface area contributed by atoms with E-state index in [2.05, 4.69) is 10.5 Å². The molecule has 0 bridgehead atoms. The maximum absolute atomic E-state index is 11.8. The number of aromatic amines is 1. The molecule has 7 heteroatoms. The van der Waals surface area contributed by atoms with Crippen LogP contribution in [0.15, 0.2) is 30.5 Å². The third kappa shape index (κ3) is 3.09. The van der Waals surface area contributed by atoms with Crippen molar-refractivity contribution in [1.29, 1.82) is 0 Å². The van der Waals surface area contributed by atoms with Crippen molar-refractivity contribution in [1.82, 2.24) is 15.9 Å². The van der Waals surface area contributed by atoms with Gasteiger partial charge < -0.3 is 4.98 Å². The van der Waals surface area contributed by atoms with E-state index in [4.69, 9.17) is 10.0 Å². The molecule has 4 N–H and O–H groups in total. The minimum Gasteiger partial charge on any atom is -0.360 e. The summed E-state index contributed by atoms with van der Waals surface area (Å²) in [5.74, 6) is -0.983. The monoisotopic (exact) mass is 263 g/mol. The standard InChI is InChI=1S/C12H13N3O4/c16-11(14-18)5-6-19-15-12(17)9-7-13-10-4-2-1-3-8(9)10/h1-4,7,13,18H,5-6H2,(H,14,16)(H,15,17). The van der Waals surface area contributed by atoms with Gasteiger partial charge in [0.05, 0.1) is 18.6 Å². The van der Waals surface area contributed by atoms with Crippen molar-refractivity contribution in [2.75, 3.05) is 6.61 Å². The molecule has 2 aromatic rings. The topological polar surface area (TPSA) is 103 Å². The first-order valence-corrected chi connectivity index (χ1v) is 5.63. The number of para-hydroxylation sites is 1. The third-order valence-corrected chi connectivity index (χ3v) is 2.55. The smallest absolute Gasteiger partial charge is 0.277 e. The minimum atomic E-state index is -0.582. The van der Waals surface area contributed by atoms with E-state index in [1.807, 2.05) is 24.3 Å². The van der Waals surface area contributed by atoms with Crippen molar-refractivity contribution in [2.24, 2.45) is 0 Å². The van der Waals surface area contributed by atoms with E-state index in [9.17, 15) is 9.59 Å². The lowest BCUT2D eigenvalue weighted by molar-refractivity contribution is -0.130. The highest BCUT2D eigenvalue weighted by Crippen LogP contribution is 2.17. The van der Waals surface area contributed by atoms with Crippen LogP contribution in [-0.4, -0.2) is 28.6 Å². The van der Waals surface area contributed by atoms with Crippen molar-refractivity contribution in [3.63, 3.8) is 0 Å². The molecular formula is C12H13N3O4. The van der Waals surface area contributed by atoms with E-state index in [1.165, 1.54) is 5.48 Å². The molecule has 1 heterocycles. The molecule has 2 rings (SSSR count). The first-order chi connectivity index (χ1) is 9.22. The van der Waals surface area contributed by atoms with Gasteiger partial charge in [0.25, 0.3) is 5.91 Å². The molecule has 19 heavy (non-hydrogen) atoms. The van der Waals surface area contributed by atoms with Crippen molar-refractivity contribution in [3.8, 4) is 0 Å². The number of rotatable bonds is 5. The Hall–Kier alpha value is -2.38. The molecule has 0 fully saturated rings. The second kappa shape index (κ2) is 5.98. The van der Waals surface area contributed by atoms with Crippen LogP contribution < -0.4 is 11.0 Å². The highest BCUT2D eigenvalue weighted by atomic mass is 16.6. The van der Waals surface area contributed by atoms with Gasteiger partial charge in [0, 0.05) is 17.1 Å². The van der Waals surface area contributed by atoms with Crippen LogP contribution in [0.1, 0.15) is 16.8 Å². The van der Waals surface area contributed by atoms with Crippen molar-refractivity contribution >= 4 is 22.7 Å². The highest BCUT2D eigenvalue weighted by Gasteiger charge is 2.11. The number of fused-ring (bicyclic) bond motifs is 1. The van der Waals surface area contributed by atoms with Crippen LogP contribution in [0.25, 0.3) is 10.9 Å². The first-order valence-electron chi connectivity index (χ1n) is 5.63. The van der Waals surface area contributed by atoms with Gasteiger partial charge in [0.15, 0.2) is 0 Å². The van der Waals surface area contributed by atoms with Gasteiger partial charge in [-0.05, 0) is 6.07 Å². The van der Waals surface area contributed by atoms with Gasteiger partial charge in [-0.1, -0.05) is 18.2 Å². The quantitative estimate of drug-likeness (QED) is 0.362. The van der Waals surface area contributed by atoms with Crippen LogP contribution >= 0.6 is 0 Å². The lowest BCUT2D eigenvalue weighted by Crippen LogP contribution is -2.27. The summed E-state index contributed by atoms with van der Waals surface area (Å²) in [7, 11) is 0. The average molecular weight is 263 g/mol. The Balaban J connectivity index is 1.91. The average Bonchev–Trinajstić information content (AvgIpc) is 2.87. The molecule has 1 aromatic carbocycles. The van der Waals surface area contributed by atoms with E-state index in [0.29, 0.717) is 5.56 Å². The molecule has 100 valence electrons. The van der Waals surface area contributed by atoms with E-state index in [0.717, 1.165) is 10.9 Å². The van der Waals surface area contributed by atoms with Crippen LogP contribution in [0.3, 0.4) is 0 Å². The normalized spacial score (nSPS) is 10.4. The van der Waals surface area contributed by atoms with Gasteiger partial charge in [-0.15, -0.1) is 0 Å². The van der Waals surface area contributed by atoms with Gasteiger partial charge in [-0.3, -0.25) is 19.6 Å². The number of hydroxylamine groups is 2. The summed E-state index contributed by atoms with van der Waals surface area (Å²) < 4.78 is 0. The highest BCUT2D eigenvalue weighted by molar-refractivity contribution is 6.06. The number of aromatic nitrogens is 1. The molecule has 0 aliphatic rings. The number of hydrogen-bond acceptors (Lipinski definition) is 4. The summed E-state index contributed by atoms with van der Waals surface area (Å²) in [5, 5.41) is 9.05. The molecule has 7 nitrogen and oxygen atoms in total. The van der Waals surface area contributed by atoms with Gasteiger partial charge in [-0.2, -0.15) is 0 Å².